The maximum Gasteiger partial charge on any atom is 0.274 e. The zero-order valence-electron chi connectivity index (χ0n) is 28.3. The van der Waals surface area contributed by atoms with Gasteiger partial charge in [0.15, 0.2) is 5.69 Å². The first-order valence-corrected chi connectivity index (χ1v) is 17.2. The van der Waals surface area contributed by atoms with E-state index < -0.39 is 6.04 Å². The summed E-state index contributed by atoms with van der Waals surface area (Å²) in [5.74, 6) is -0.566. The van der Waals surface area contributed by atoms with E-state index in [1.54, 1.807) is 33.8 Å². The number of aromatic nitrogens is 2. The number of carbonyl (C=O) groups is 3. The summed E-state index contributed by atoms with van der Waals surface area (Å²) in [6.45, 7) is 7.59. The number of carbonyl (C=O) groups excluding carboxylic acids is 3. The highest BCUT2D eigenvalue weighted by molar-refractivity contribution is 6.01. The SMILES string of the molecule is CCCCN(CCCC)C(=O)c1cc(C)n(-c2ccc(NC(=O)CCc3ccccc3)cc2C(=O)N2Cc3ccccc3C[C@H]2CO)n1. The molecule has 0 saturated carbocycles. The van der Waals surface area contributed by atoms with Crippen molar-refractivity contribution in [1.82, 2.24) is 19.6 Å². The molecule has 0 aliphatic carbocycles. The highest BCUT2D eigenvalue weighted by atomic mass is 16.3. The smallest absolute Gasteiger partial charge is 0.274 e. The maximum atomic E-state index is 14.5. The molecule has 5 rings (SSSR count). The summed E-state index contributed by atoms with van der Waals surface area (Å²) in [6.07, 6.45) is 5.22. The Morgan fingerprint density at radius 2 is 1.60 bits per heavy atom. The van der Waals surface area contributed by atoms with Crippen molar-refractivity contribution in [3.8, 4) is 5.69 Å². The molecule has 0 unspecified atom stereocenters. The van der Waals surface area contributed by atoms with Gasteiger partial charge in [0.05, 0.1) is 23.9 Å². The molecule has 1 atom stereocenters. The second-order valence-corrected chi connectivity index (χ2v) is 12.6. The molecule has 1 aliphatic rings. The predicted molar refractivity (Wildman–Crippen MR) is 188 cm³/mol. The number of hydrogen-bond donors (Lipinski definition) is 2. The van der Waals surface area contributed by atoms with E-state index >= 15 is 0 Å². The van der Waals surface area contributed by atoms with Gasteiger partial charge in [0.2, 0.25) is 5.91 Å². The Balaban J connectivity index is 1.48. The Bertz CT molecular complexity index is 1710. The number of aryl methyl sites for hydroxylation is 2. The maximum absolute atomic E-state index is 14.5. The summed E-state index contributed by atoms with van der Waals surface area (Å²) in [5.41, 5.74) is 5.58. The Morgan fingerprint density at radius 3 is 2.29 bits per heavy atom. The zero-order valence-corrected chi connectivity index (χ0v) is 28.3. The van der Waals surface area contributed by atoms with Gasteiger partial charge in [-0.3, -0.25) is 14.4 Å². The van der Waals surface area contributed by atoms with Crippen molar-refractivity contribution >= 4 is 23.4 Å². The lowest BCUT2D eigenvalue weighted by molar-refractivity contribution is -0.116. The lowest BCUT2D eigenvalue weighted by Gasteiger charge is -2.36. The number of hydrogen-bond acceptors (Lipinski definition) is 5. The Kier molecular flexibility index (Phi) is 11.8. The number of amides is 3. The molecule has 0 radical (unpaired) electrons. The van der Waals surface area contributed by atoms with Crippen molar-refractivity contribution in [2.75, 3.05) is 25.0 Å². The van der Waals surface area contributed by atoms with E-state index in [0.717, 1.165) is 42.4 Å². The molecular formula is C39H47N5O4. The Hall–Kier alpha value is -4.76. The van der Waals surface area contributed by atoms with Gasteiger partial charge in [0, 0.05) is 37.4 Å². The molecule has 0 saturated heterocycles. The molecule has 3 aromatic carbocycles. The first-order valence-electron chi connectivity index (χ1n) is 17.2. The van der Waals surface area contributed by atoms with E-state index in [0.29, 0.717) is 67.2 Å². The zero-order chi connectivity index (χ0) is 34.0. The summed E-state index contributed by atoms with van der Waals surface area (Å²) in [6, 6.07) is 24.4. The second-order valence-electron chi connectivity index (χ2n) is 12.6. The van der Waals surface area contributed by atoms with Crippen LogP contribution in [0.5, 0.6) is 0 Å². The van der Waals surface area contributed by atoms with Crippen LogP contribution in [0, 0.1) is 6.92 Å². The molecule has 3 amide bonds. The number of anilines is 1. The minimum Gasteiger partial charge on any atom is -0.394 e. The molecule has 9 nitrogen and oxygen atoms in total. The minimum absolute atomic E-state index is 0.123. The Labute approximate surface area is 283 Å². The minimum atomic E-state index is -0.411. The fourth-order valence-electron chi connectivity index (χ4n) is 6.24. The van der Waals surface area contributed by atoms with Gasteiger partial charge in [-0.2, -0.15) is 5.10 Å². The first-order chi connectivity index (χ1) is 23.3. The number of unbranched alkanes of at least 4 members (excludes halogenated alkanes) is 2. The van der Waals surface area contributed by atoms with Crippen molar-refractivity contribution in [3.05, 3.63) is 113 Å². The predicted octanol–water partition coefficient (Wildman–Crippen LogP) is 6.35. The van der Waals surface area contributed by atoms with Gasteiger partial charge in [-0.1, -0.05) is 81.3 Å². The summed E-state index contributed by atoms with van der Waals surface area (Å²) < 4.78 is 1.64. The van der Waals surface area contributed by atoms with Gasteiger partial charge in [-0.05, 0) is 73.6 Å². The number of nitrogens with zero attached hydrogens (tertiary/aromatic N) is 4. The molecule has 0 bridgehead atoms. The summed E-state index contributed by atoms with van der Waals surface area (Å²) >= 11 is 0. The third kappa shape index (κ3) is 8.20. The van der Waals surface area contributed by atoms with Crippen LogP contribution in [-0.2, 0) is 24.2 Å². The van der Waals surface area contributed by atoms with E-state index in [2.05, 4.69) is 19.2 Å². The quantitative estimate of drug-likeness (QED) is 0.166. The second kappa shape index (κ2) is 16.4. The van der Waals surface area contributed by atoms with Crippen molar-refractivity contribution in [3.63, 3.8) is 0 Å². The lowest BCUT2D eigenvalue weighted by atomic mass is 9.93. The molecule has 4 aromatic rings. The summed E-state index contributed by atoms with van der Waals surface area (Å²) in [4.78, 5) is 44.7. The average molecular weight is 650 g/mol. The first kappa shape index (κ1) is 34.6. The highest BCUT2D eigenvalue weighted by Gasteiger charge is 2.32. The van der Waals surface area contributed by atoms with E-state index in [9.17, 15) is 19.5 Å². The monoisotopic (exact) mass is 649 g/mol. The van der Waals surface area contributed by atoms with Gasteiger partial charge < -0.3 is 20.2 Å². The van der Waals surface area contributed by atoms with Gasteiger partial charge in [-0.25, -0.2) is 4.68 Å². The van der Waals surface area contributed by atoms with Crippen LogP contribution >= 0.6 is 0 Å². The van der Waals surface area contributed by atoms with Crippen LogP contribution in [0.2, 0.25) is 0 Å². The number of rotatable bonds is 14. The molecule has 1 aromatic heterocycles. The van der Waals surface area contributed by atoms with E-state index in [-0.39, 0.29) is 24.3 Å². The molecule has 1 aliphatic heterocycles. The van der Waals surface area contributed by atoms with Crippen LogP contribution in [0.1, 0.15) is 89.2 Å². The largest absolute Gasteiger partial charge is 0.394 e. The van der Waals surface area contributed by atoms with Crippen LogP contribution in [0.15, 0.2) is 78.9 Å². The third-order valence-corrected chi connectivity index (χ3v) is 9.01. The molecule has 0 spiro atoms. The van der Waals surface area contributed by atoms with Crippen LogP contribution in [-0.4, -0.2) is 68.1 Å². The number of aliphatic hydroxyl groups is 1. The molecule has 2 N–H and O–H groups in total. The fraction of sp³-hybridized carbons (Fsp3) is 0.385. The highest BCUT2D eigenvalue weighted by Crippen LogP contribution is 2.29. The standard InChI is InChI=1S/C39H47N5O4/c1-4-6-21-42(22-7-5-2)39(48)35-23-28(3)44(41-35)36-19-18-32(40-37(46)20-17-29-13-9-8-10-14-29)25-34(36)38(47)43-26-31-16-12-11-15-30(31)24-33(43)27-45/h8-16,18-19,23,25,33,45H,4-7,17,20-22,24,26-27H2,1-3H3,(H,40,46)/t33-/m0/s1. The molecule has 2 heterocycles. The van der Waals surface area contributed by atoms with Crippen LogP contribution in [0.25, 0.3) is 5.69 Å². The summed E-state index contributed by atoms with van der Waals surface area (Å²) in [5, 5.41) is 18.1. The van der Waals surface area contributed by atoms with E-state index in [4.69, 9.17) is 5.10 Å². The average Bonchev–Trinajstić information content (AvgIpc) is 3.51. The molecule has 252 valence electrons. The van der Waals surface area contributed by atoms with Gasteiger partial charge >= 0.3 is 0 Å². The van der Waals surface area contributed by atoms with Crippen molar-refractivity contribution in [1.29, 1.82) is 0 Å². The lowest BCUT2D eigenvalue weighted by Crippen LogP contribution is -2.46. The normalized spacial score (nSPS) is 14.0. The summed E-state index contributed by atoms with van der Waals surface area (Å²) in [7, 11) is 0. The van der Waals surface area contributed by atoms with Gasteiger partial charge in [0.25, 0.3) is 11.8 Å². The number of nitrogens with one attached hydrogen (secondary N) is 1. The third-order valence-electron chi connectivity index (χ3n) is 9.01. The van der Waals surface area contributed by atoms with E-state index in [1.165, 1.54) is 0 Å². The van der Waals surface area contributed by atoms with Crippen molar-refractivity contribution < 1.29 is 19.5 Å². The van der Waals surface area contributed by atoms with Crippen LogP contribution in [0.4, 0.5) is 5.69 Å². The van der Waals surface area contributed by atoms with Crippen LogP contribution < -0.4 is 5.32 Å². The Morgan fingerprint density at radius 1 is 0.917 bits per heavy atom. The van der Waals surface area contributed by atoms with Gasteiger partial charge in [-0.15, -0.1) is 0 Å². The van der Waals surface area contributed by atoms with Crippen molar-refractivity contribution in [2.45, 2.75) is 78.3 Å². The number of benzene rings is 3. The van der Waals surface area contributed by atoms with Gasteiger partial charge in [0.1, 0.15) is 0 Å². The fourth-order valence-corrected chi connectivity index (χ4v) is 6.24. The van der Waals surface area contributed by atoms with Crippen molar-refractivity contribution in [2.24, 2.45) is 0 Å². The molecule has 9 heteroatoms. The number of aliphatic hydroxyl groups excluding tert-OH is 1. The van der Waals surface area contributed by atoms with Crippen LogP contribution in [0.3, 0.4) is 0 Å². The molecule has 0 fully saturated rings. The molecule has 48 heavy (non-hydrogen) atoms. The van der Waals surface area contributed by atoms with E-state index in [1.807, 2.05) is 66.4 Å². The number of fused-ring (bicyclic) bond motifs is 1. The topological polar surface area (TPSA) is 108 Å². The molecular weight excluding hydrogens is 602 g/mol.